The van der Waals surface area contributed by atoms with Gasteiger partial charge in [0.25, 0.3) is 0 Å². The van der Waals surface area contributed by atoms with Crippen LogP contribution in [0, 0.1) is 6.92 Å². The number of para-hydroxylation sites is 2. The smallest absolute Gasteiger partial charge is 0.135 e. The fourth-order valence-electron chi connectivity index (χ4n) is 4.79. The summed E-state index contributed by atoms with van der Waals surface area (Å²) >= 11 is 0. The molecule has 0 saturated heterocycles. The number of hydrogen-bond acceptors (Lipinski definition) is 1. The topological polar surface area (TPSA) is 18.1 Å². The molecule has 0 aliphatic heterocycles. The van der Waals surface area contributed by atoms with Crippen LogP contribution in [0.5, 0.6) is 0 Å². The van der Waals surface area contributed by atoms with Crippen molar-refractivity contribution in [2.24, 2.45) is 7.05 Å². The first-order chi connectivity index (χ1) is 17.7. The van der Waals surface area contributed by atoms with Crippen molar-refractivity contribution in [3.05, 3.63) is 121 Å². The maximum Gasteiger partial charge on any atom is 0.135 e. The Bertz CT molecular complexity index is 1770. The number of nitrogens with zero attached hydrogens (tertiary/aromatic N) is 1. The highest BCUT2D eigenvalue weighted by Gasteiger charge is 2.11. The van der Waals surface area contributed by atoms with Crippen LogP contribution in [0.4, 0.5) is 0 Å². The maximum absolute atomic E-state index is 5.97. The average Bonchev–Trinajstić information content (AvgIpc) is 3.45. The molecule has 0 radical (unpaired) electrons. The number of furan rings is 1. The summed E-state index contributed by atoms with van der Waals surface area (Å²) in [5, 5.41) is 4.93. The normalized spacial score (nSPS) is 10.8. The van der Waals surface area contributed by atoms with Crippen LogP contribution in [0.15, 0.2) is 120 Å². The van der Waals surface area contributed by atoms with Gasteiger partial charge in [0, 0.05) is 39.6 Å². The quantitative estimate of drug-likeness (QED) is 0.234. The summed E-state index contributed by atoms with van der Waals surface area (Å²) in [4.78, 5) is 0. The highest BCUT2D eigenvalue weighted by Crippen LogP contribution is 2.35. The van der Waals surface area contributed by atoms with Gasteiger partial charge in [0.2, 0.25) is 0 Å². The molecule has 178 valence electrons. The Kier molecular flexibility index (Phi) is 6.60. The Hall–Kier alpha value is -4.30. The molecule has 36 heavy (non-hydrogen) atoms. The van der Waals surface area contributed by atoms with Gasteiger partial charge in [-0.05, 0) is 54.4 Å². The summed E-state index contributed by atoms with van der Waals surface area (Å²) < 4.78 is 8.24. The number of hydrogen-bond donors (Lipinski definition) is 0. The van der Waals surface area contributed by atoms with Gasteiger partial charge < -0.3 is 8.98 Å². The van der Waals surface area contributed by atoms with E-state index in [1.54, 1.807) is 0 Å². The molecule has 7 rings (SSSR count). The number of aromatic nitrogens is 1. The van der Waals surface area contributed by atoms with E-state index in [2.05, 4.69) is 103 Å². The van der Waals surface area contributed by atoms with Gasteiger partial charge in [0.1, 0.15) is 11.2 Å². The Morgan fingerprint density at radius 3 is 1.78 bits per heavy atom. The van der Waals surface area contributed by atoms with Gasteiger partial charge in [0.05, 0.1) is 0 Å². The SMILES string of the molecule is CC.Cc1ccccc1.Cn1c2ccccc2c2cc(-c3ccc4oc5ccccc5c4c3)ccc21. The van der Waals surface area contributed by atoms with Gasteiger partial charge in [-0.3, -0.25) is 0 Å². The number of aryl methyl sites for hydroxylation is 2. The van der Waals surface area contributed by atoms with E-state index in [9.17, 15) is 0 Å². The van der Waals surface area contributed by atoms with Crippen LogP contribution in [-0.2, 0) is 7.05 Å². The number of rotatable bonds is 1. The molecular weight excluding hydrogens is 438 g/mol. The lowest BCUT2D eigenvalue weighted by molar-refractivity contribution is 0.669. The van der Waals surface area contributed by atoms with E-state index in [0.29, 0.717) is 0 Å². The molecule has 0 bridgehead atoms. The third kappa shape index (κ3) is 4.27. The van der Waals surface area contributed by atoms with Crippen molar-refractivity contribution in [1.29, 1.82) is 0 Å². The molecule has 0 atom stereocenters. The largest absolute Gasteiger partial charge is 0.456 e. The monoisotopic (exact) mass is 469 g/mol. The molecule has 2 aromatic heterocycles. The Balaban J connectivity index is 0.000000255. The number of fused-ring (bicyclic) bond motifs is 6. The molecule has 0 amide bonds. The second-order valence-electron chi connectivity index (χ2n) is 8.77. The molecule has 5 aromatic carbocycles. The summed E-state index contributed by atoms with van der Waals surface area (Å²) in [6, 6.07) is 40.3. The van der Waals surface area contributed by atoms with Gasteiger partial charge in [-0.2, -0.15) is 0 Å². The van der Waals surface area contributed by atoms with E-state index in [1.807, 2.05) is 44.2 Å². The fraction of sp³-hybridized carbons (Fsp3) is 0.118. The number of benzene rings is 5. The summed E-state index contributed by atoms with van der Waals surface area (Å²) in [6.07, 6.45) is 0. The minimum absolute atomic E-state index is 0.936. The van der Waals surface area contributed by atoms with E-state index in [0.717, 1.165) is 11.2 Å². The average molecular weight is 470 g/mol. The first-order valence-electron chi connectivity index (χ1n) is 12.6. The summed E-state index contributed by atoms with van der Waals surface area (Å²) in [5.41, 5.74) is 8.16. The predicted octanol–water partition coefficient (Wildman–Crippen LogP) is 9.92. The van der Waals surface area contributed by atoms with E-state index < -0.39 is 0 Å². The Morgan fingerprint density at radius 1 is 0.500 bits per heavy atom. The van der Waals surface area contributed by atoms with E-state index in [1.165, 1.54) is 49.3 Å². The van der Waals surface area contributed by atoms with E-state index >= 15 is 0 Å². The van der Waals surface area contributed by atoms with E-state index in [4.69, 9.17) is 4.42 Å². The van der Waals surface area contributed by atoms with Crippen LogP contribution in [0.2, 0.25) is 0 Å². The minimum Gasteiger partial charge on any atom is -0.456 e. The van der Waals surface area contributed by atoms with Crippen LogP contribution >= 0.6 is 0 Å². The Morgan fingerprint density at radius 2 is 1.06 bits per heavy atom. The standard InChI is InChI=1S/C25H17NO.C7H8.C2H6/c1-26-22-8-4-2-6-18(22)20-14-16(10-12-23(20)26)17-11-13-25-21(15-17)19-7-3-5-9-24(19)27-25;1-7-5-3-2-4-6-7;1-2/h2-15H,1H3;2-6H,1H3;1-2H3. The van der Waals surface area contributed by atoms with Gasteiger partial charge >= 0.3 is 0 Å². The van der Waals surface area contributed by atoms with Crippen molar-refractivity contribution < 1.29 is 4.42 Å². The lowest BCUT2D eigenvalue weighted by Gasteiger charge is -2.04. The lowest BCUT2D eigenvalue weighted by atomic mass is 10.0. The molecule has 2 heteroatoms. The summed E-state index contributed by atoms with van der Waals surface area (Å²) in [7, 11) is 2.13. The molecule has 0 unspecified atom stereocenters. The highest BCUT2D eigenvalue weighted by atomic mass is 16.3. The second-order valence-corrected chi connectivity index (χ2v) is 8.77. The zero-order valence-corrected chi connectivity index (χ0v) is 21.3. The summed E-state index contributed by atoms with van der Waals surface area (Å²) in [6.45, 7) is 6.08. The van der Waals surface area contributed by atoms with Crippen molar-refractivity contribution in [1.82, 2.24) is 4.57 Å². The van der Waals surface area contributed by atoms with Crippen LogP contribution in [0.3, 0.4) is 0 Å². The molecule has 0 fully saturated rings. The van der Waals surface area contributed by atoms with Crippen molar-refractivity contribution in [3.8, 4) is 11.1 Å². The molecule has 2 nitrogen and oxygen atoms in total. The highest BCUT2D eigenvalue weighted by molar-refractivity contribution is 6.10. The van der Waals surface area contributed by atoms with Crippen molar-refractivity contribution in [2.75, 3.05) is 0 Å². The first kappa shape index (κ1) is 23.4. The summed E-state index contributed by atoms with van der Waals surface area (Å²) in [5.74, 6) is 0. The van der Waals surface area contributed by atoms with Crippen LogP contribution < -0.4 is 0 Å². The predicted molar refractivity (Wildman–Crippen MR) is 156 cm³/mol. The molecule has 2 heterocycles. The molecular formula is C34H31NO. The molecule has 7 aromatic rings. The third-order valence-corrected chi connectivity index (χ3v) is 6.56. The fourth-order valence-corrected chi connectivity index (χ4v) is 4.79. The molecule has 0 aliphatic carbocycles. The minimum atomic E-state index is 0.936. The maximum atomic E-state index is 5.97. The molecule has 0 spiro atoms. The first-order valence-corrected chi connectivity index (χ1v) is 12.6. The van der Waals surface area contributed by atoms with Gasteiger partial charge in [-0.1, -0.05) is 98.3 Å². The zero-order chi connectivity index (χ0) is 25.1. The van der Waals surface area contributed by atoms with Gasteiger partial charge in [0.15, 0.2) is 0 Å². The van der Waals surface area contributed by atoms with Crippen molar-refractivity contribution in [2.45, 2.75) is 20.8 Å². The van der Waals surface area contributed by atoms with Crippen LogP contribution in [-0.4, -0.2) is 4.57 Å². The van der Waals surface area contributed by atoms with Gasteiger partial charge in [-0.15, -0.1) is 0 Å². The van der Waals surface area contributed by atoms with E-state index in [-0.39, 0.29) is 0 Å². The van der Waals surface area contributed by atoms with Crippen molar-refractivity contribution >= 4 is 43.7 Å². The Labute approximate surface area is 212 Å². The third-order valence-electron chi connectivity index (χ3n) is 6.56. The lowest BCUT2D eigenvalue weighted by Crippen LogP contribution is -1.86. The molecule has 0 N–H and O–H groups in total. The molecule has 0 saturated carbocycles. The second kappa shape index (κ2) is 10.1. The van der Waals surface area contributed by atoms with Crippen LogP contribution in [0.1, 0.15) is 19.4 Å². The van der Waals surface area contributed by atoms with Gasteiger partial charge in [-0.25, -0.2) is 0 Å². The van der Waals surface area contributed by atoms with Crippen molar-refractivity contribution in [3.63, 3.8) is 0 Å². The molecule has 0 aliphatic rings. The van der Waals surface area contributed by atoms with Crippen LogP contribution in [0.25, 0.3) is 54.9 Å². The zero-order valence-electron chi connectivity index (χ0n) is 21.3.